The molecule has 1 amide bonds. The highest BCUT2D eigenvalue weighted by molar-refractivity contribution is 7.92. The Morgan fingerprint density at radius 3 is 2.19 bits per heavy atom. The van der Waals surface area contributed by atoms with Crippen molar-refractivity contribution in [2.45, 2.75) is 18.2 Å². The van der Waals surface area contributed by atoms with Crippen molar-refractivity contribution < 1.29 is 23.1 Å². The van der Waals surface area contributed by atoms with E-state index in [0.29, 0.717) is 21.8 Å². The number of carbonyl (C=O) groups is 2. The van der Waals surface area contributed by atoms with E-state index in [0.717, 1.165) is 0 Å². The molecule has 0 aliphatic carbocycles. The predicted octanol–water partition coefficient (Wildman–Crippen LogP) is 5.67. The predicted molar refractivity (Wildman–Crippen MR) is 168 cm³/mol. The largest absolute Gasteiger partial charge is 0.480 e. The number of nitrogens with one attached hydrogen (secondary N) is 3. The van der Waals surface area contributed by atoms with Crippen molar-refractivity contribution in [2.24, 2.45) is 10.7 Å². The number of aliphatic imine (C=N–C) groups is 1. The van der Waals surface area contributed by atoms with E-state index >= 15 is 0 Å². The molecule has 0 fully saturated rings. The lowest BCUT2D eigenvalue weighted by Gasteiger charge is -2.15. The van der Waals surface area contributed by atoms with Gasteiger partial charge in [-0.2, -0.15) is 0 Å². The molecule has 0 unspecified atom stereocenters. The summed E-state index contributed by atoms with van der Waals surface area (Å²) in [5.74, 6) is -2.11. The summed E-state index contributed by atoms with van der Waals surface area (Å²) in [5, 5.41) is 17.5. The smallest absolute Gasteiger partial charge is 0.328 e. The van der Waals surface area contributed by atoms with Gasteiger partial charge in [-0.25, -0.2) is 18.2 Å². The topological polar surface area (TPSA) is 163 Å². The molecule has 4 rings (SSSR count). The van der Waals surface area contributed by atoms with Gasteiger partial charge in [-0.15, -0.1) is 11.3 Å². The molecule has 1 aromatic heterocycles. The van der Waals surface area contributed by atoms with Gasteiger partial charge in [0.05, 0.1) is 27.0 Å². The molecule has 0 aliphatic rings. The van der Waals surface area contributed by atoms with Crippen LogP contribution in [0.1, 0.15) is 20.8 Å². The first-order valence-corrected chi connectivity index (χ1v) is 15.6. The minimum absolute atomic E-state index is 0.00261. The Kier molecular flexibility index (Phi) is 10.1. The molecule has 42 heavy (non-hydrogen) atoms. The molecule has 14 heteroatoms. The molecule has 6 N–H and O–H groups in total. The monoisotopic (exact) mass is 645 g/mol. The molecule has 1 heterocycles. The molecule has 10 nitrogen and oxygen atoms in total. The minimum Gasteiger partial charge on any atom is -0.480 e. The second kappa shape index (κ2) is 13.7. The summed E-state index contributed by atoms with van der Waals surface area (Å²) in [6.07, 6.45) is -0.00261. The van der Waals surface area contributed by atoms with Crippen molar-refractivity contribution in [2.75, 3.05) is 15.4 Å². The number of halogens is 2. The molecular formula is C28H25Cl2N5O5S2. The standard InChI is InChI=1S/C28H25Cl2N5O5S2/c29-20-6-3-7-21(30)25(20)26(36)32-18-12-10-17(11-13-18)15-24(27(37)38)34-28(31)33-22-8-1-2-9-23(22)35-42(39,40)16-19-5-4-14-41-19/h1-14,24,35H,15-16H2,(H,32,36)(H,37,38)(H3,31,33,34)/t24-/m0/s1. The van der Waals surface area contributed by atoms with Gasteiger partial charge >= 0.3 is 5.97 Å². The number of carboxylic acid groups (broad SMARTS) is 1. The number of anilines is 3. The Morgan fingerprint density at radius 1 is 0.905 bits per heavy atom. The molecule has 0 saturated heterocycles. The average molecular weight is 647 g/mol. The van der Waals surface area contributed by atoms with Crippen LogP contribution in [0.15, 0.2) is 89.2 Å². The summed E-state index contributed by atoms with van der Waals surface area (Å²) in [7, 11) is -3.72. The number of thiophene rings is 1. The Hall–Kier alpha value is -4.10. The van der Waals surface area contributed by atoms with E-state index in [4.69, 9.17) is 28.9 Å². The van der Waals surface area contributed by atoms with E-state index in [2.05, 4.69) is 20.3 Å². The fourth-order valence-electron chi connectivity index (χ4n) is 3.85. The van der Waals surface area contributed by atoms with Crippen LogP contribution < -0.4 is 21.1 Å². The van der Waals surface area contributed by atoms with Gasteiger partial charge in [-0.1, -0.05) is 59.6 Å². The van der Waals surface area contributed by atoms with Crippen molar-refractivity contribution in [3.8, 4) is 0 Å². The SMILES string of the molecule is NC(=N[C@@H](Cc1ccc(NC(=O)c2c(Cl)cccc2Cl)cc1)C(=O)O)Nc1ccccc1NS(=O)(=O)Cc1cccs1. The summed E-state index contributed by atoms with van der Waals surface area (Å²) < 4.78 is 27.8. The quantitative estimate of drug-likeness (QED) is 0.104. The van der Waals surface area contributed by atoms with Crippen molar-refractivity contribution in [3.05, 3.63) is 110 Å². The third kappa shape index (κ3) is 8.46. The Bertz CT molecular complexity index is 1690. The highest BCUT2D eigenvalue weighted by Crippen LogP contribution is 2.26. The number of rotatable bonds is 11. The van der Waals surface area contributed by atoms with E-state index in [-0.39, 0.29) is 39.4 Å². The maximum atomic E-state index is 12.7. The zero-order chi connectivity index (χ0) is 30.3. The van der Waals surface area contributed by atoms with E-state index in [1.807, 2.05) is 0 Å². The number of amides is 1. The van der Waals surface area contributed by atoms with Crippen LogP contribution in [-0.2, 0) is 27.0 Å². The van der Waals surface area contributed by atoms with E-state index < -0.39 is 27.9 Å². The summed E-state index contributed by atoms with van der Waals surface area (Å²) in [6, 6.07) is 20.0. The third-order valence-corrected chi connectivity index (χ3v) is 8.69. The van der Waals surface area contributed by atoms with Gasteiger partial charge < -0.3 is 21.5 Å². The number of guanidine groups is 1. The van der Waals surface area contributed by atoms with Gasteiger partial charge in [-0.3, -0.25) is 9.52 Å². The normalized spacial score (nSPS) is 12.4. The summed E-state index contributed by atoms with van der Waals surface area (Å²) in [6.45, 7) is 0. The van der Waals surface area contributed by atoms with Crippen LogP contribution >= 0.6 is 34.5 Å². The molecule has 0 bridgehead atoms. The van der Waals surface area contributed by atoms with Crippen molar-refractivity contribution in [1.29, 1.82) is 0 Å². The number of aliphatic carboxylic acids is 1. The molecule has 3 aromatic carbocycles. The first-order valence-electron chi connectivity index (χ1n) is 12.3. The Balaban J connectivity index is 1.42. The lowest BCUT2D eigenvalue weighted by molar-refractivity contribution is -0.138. The zero-order valence-electron chi connectivity index (χ0n) is 21.8. The molecule has 0 spiro atoms. The van der Waals surface area contributed by atoms with Gasteiger partial charge in [0, 0.05) is 17.0 Å². The van der Waals surface area contributed by atoms with Crippen LogP contribution in [-0.4, -0.2) is 37.4 Å². The van der Waals surface area contributed by atoms with Gasteiger partial charge in [0.15, 0.2) is 12.0 Å². The third-order valence-electron chi connectivity index (χ3n) is 5.78. The van der Waals surface area contributed by atoms with E-state index in [1.54, 1.807) is 84.2 Å². The lowest BCUT2D eigenvalue weighted by Crippen LogP contribution is -2.30. The first-order chi connectivity index (χ1) is 20.0. The molecule has 0 aliphatic heterocycles. The number of carboxylic acids is 1. The summed E-state index contributed by atoms with van der Waals surface area (Å²) in [5.41, 5.74) is 7.78. The van der Waals surface area contributed by atoms with Gasteiger partial charge in [0.2, 0.25) is 10.0 Å². The molecule has 0 radical (unpaired) electrons. The van der Waals surface area contributed by atoms with Gasteiger partial charge in [0.25, 0.3) is 5.91 Å². The van der Waals surface area contributed by atoms with Crippen LogP contribution in [0.4, 0.5) is 17.1 Å². The number of carbonyl (C=O) groups excluding carboxylic acids is 1. The van der Waals surface area contributed by atoms with E-state index in [1.165, 1.54) is 11.3 Å². The number of hydrogen-bond acceptors (Lipinski definition) is 6. The highest BCUT2D eigenvalue weighted by Gasteiger charge is 2.20. The lowest BCUT2D eigenvalue weighted by atomic mass is 10.1. The minimum atomic E-state index is -3.72. The number of nitrogens with zero attached hydrogens (tertiary/aromatic N) is 1. The van der Waals surface area contributed by atoms with Crippen LogP contribution in [0.25, 0.3) is 0 Å². The Morgan fingerprint density at radius 2 is 1.57 bits per heavy atom. The number of para-hydroxylation sites is 2. The average Bonchev–Trinajstić information content (AvgIpc) is 3.42. The second-order valence-corrected chi connectivity index (χ2v) is 12.5. The Labute approximate surface area is 256 Å². The molecular weight excluding hydrogens is 621 g/mol. The number of benzene rings is 3. The molecule has 1 atom stereocenters. The second-order valence-electron chi connectivity index (χ2n) is 8.93. The molecule has 218 valence electrons. The van der Waals surface area contributed by atoms with Crippen molar-refractivity contribution in [3.63, 3.8) is 0 Å². The first kappa shape index (κ1) is 30.8. The van der Waals surface area contributed by atoms with Crippen LogP contribution in [0.3, 0.4) is 0 Å². The number of nitrogens with two attached hydrogens (primary N) is 1. The fraction of sp³-hybridized carbons (Fsp3) is 0.107. The molecule has 4 aromatic rings. The fourth-order valence-corrected chi connectivity index (χ4v) is 6.70. The number of hydrogen-bond donors (Lipinski definition) is 5. The maximum absolute atomic E-state index is 12.7. The van der Waals surface area contributed by atoms with Crippen molar-refractivity contribution in [1.82, 2.24) is 0 Å². The van der Waals surface area contributed by atoms with Gasteiger partial charge in [0.1, 0.15) is 5.75 Å². The zero-order valence-corrected chi connectivity index (χ0v) is 24.9. The summed E-state index contributed by atoms with van der Waals surface area (Å²) >= 11 is 13.5. The highest BCUT2D eigenvalue weighted by atomic mass is 35.5. The van der Waals surface area contributed by atoms with E-state index in [9.17, 15) is 23.1 Å². The number of sulfonamides is 1. The van der Waals surface area contributed by atoms with Crippen LogP contribution in [0.5, 0.6) is 0 Å². The van der Waals surface area contributed by atoms with Crippen LogP contribution in [0, 0.1) is 0 Å². The van der Waals surface area contributed by atoms with Gasteiger partial charge in [-0.05, 0) is 53.4 Å². The summed E-state index contributed by atoms with van der Waals surface area (Å²) in [4.78, 5) is 29.4. The molecule has 0 saturated carbocycles. The van der Waals surface area contributed by atoms with Crippen LogP contribution in [0.2, 0.25) is 10.0 Å². The maximum Gasteiger partial charge on any atom is 0.328 e. The van der Waals surface area contributed by atoms with Crippen molar-refractivity contribution >= 4 is 79.5 Å².